The van der Waals surface area contributed by atoms with E-state index in [-0.39, 0.29) is 18.9 Å². The molecule has 1 fully saturated rings. The number of hydrogen-bond acceptors (Lipinski definition) is 3. The number of hydrogen-bond donors (Lipinski definition) is 2. The lowest BCUT2D eigenvalue weighted by molar-refractivity contribution is -0.139. The van der Waals surface area contributed by atoms with Crippen LogP contribution in [-0.2, 0) is 9.53 Å². The van der Waals surface area contributed by atoms with Gasteiger partial charge in [-0.25, -0.2) is 4.79 Å². The molecule has 2 aromatic carbocycles. The number of alkyl carbamates (subject to hydrolysis) is 1. The van der Waals surface area contributed by atoms with Gasteiger partial charge in [0.1, 0.15) is 6.61 Å². The molecule has 0 saturated heterocycles. The van der Waals surface area contributed by atoms with Gasteiger partial charge in [0.25, 0.3) is 0 Å². The molecule has 158 valence electrons. The number of fused-ring (bicyclic) bond motifs is 3. The first kappa shape index (κ1) is 20.5. The summed E-state index contributed by atoms with van der Waals surface area (Å²) in [5.74, 6) is -0.453. The van der Waals surface area contributed by atoms with Crippen LogP contribution in [0.1, 0.15) is 62.5 Å². The third-order valence-corrected chi connectivity index (χ3v) is 6.72. The number of carboxylic acid groups (broad SMARTS) is 1. The van der Waals surface area contributed by atoms with E-state index in [2.05, 4.69) is 36.5 Å². The summed E-state index contributed by atoms with van der Waals surface area (Å²) >= 11 is 0. The van der Waals surface area contributed by atoms with Crippen molar-refractivity contribution in [3.63, 3.8) is 0 Å². The van der Waals surface area contributed by atoms with E-state index in [9.17, 15) is 14.7 Å². The number of benzene rings is 2. The van der Waals surface area contributed by atoms with E-state index in [1.807, 2.05) is 24.3 Å². The summed E-state index contributed by atoms with van der Waals surface area (Å²) in [4.78, 5) is 24.2. The minimum atomic E-state index is -0.884. The van der Waals surface area contributed by atoms with Gasteiger partial charge in [-0.3, -0.25) is 4.79 Å². The maximum absolute atomic E-state index is 12.7. The molecule has 30 heavy (non-hydrogen) atoms. The Hall–Kier alpha value is -2.82. The second kappa shape index (κ2) is 8.50. The van der Waals surface area contributed by atoms with E-state index in [0.717, 1.165) is 30.4 Å². The normalized spacial score (nSPS) is 22.8. The van der Waals surface area contributed by atoms with Gasteiger partial charge in [-0.05, 0) is 41.0 Å². The van der Waals surface area contributed by atoms with E-state index < -0.39 is 17.6 Å². The number of carbonyl (C=O) groups excluding carboxylic acids is 1. The topological polar surface area (TPSA) is 75.6 Å². The van der Waals surface area contributed by atoms with Crippen LogP contribution < -0.4 is 5.32 Å². The van der Waals surface area contributed by atoms with Gasteiger partial charge in [0.15, 0.2) is 0 Å². The molecule has 1 amide bonds. The van der Waals surface area contributed by atoms with Crippen LogP contribution in [0.25, 0.3) is 11.1 Å². The van der Waals surface area contributed by atoms with Gasteiger partial charge in [-0.2, -0.15) is 0 Å². The van der Waals surface area contributed by atoms with Crippen LogP contribution in [0.4, 0.5) is 4.79 Å². The summed E-state index contributed by atoms with van der Waals surface area (Å²) in [5, 5.41) is 12.4. The van der Waals surface area contributed by atoms with Crippen molar-refractivity contribution in [1.82, 2.24) is 5.32 Å². The van der Waals surface area contributed by atoms with Crippen LogP contribution in [0, 0.1) is 5.92 Å². The van der Waals surface area contributed by atoms with E-state index in [1.165, 1.54) is 11.1 Å². The number of rotatable bonds is 6. The fraction of sp³-hybridized carbons (Fsp3) is 0.440. The molecule has 0 aliphatic heterocycles. The Balaban J connectivity index is 1.47. The fourth-order valence-corrected chi connectivity index (χ4v) is 5.29. The second-order valence-electron chi connectivity index (χ2n) is 8.67. The highest BCUT2D eigenvalue weighted by Crippen LogP contribution is 2.44. The molecule has 0 heterocycles. The molecule has 5 nitrogen and oxygen atoms in total. The Morgan fingerprint density at radius 3 is 2.33 bits per heavy atom. The Labute approximate surface area is 177 Å². The highest BCUT2D eigenvalue weighted by Gasteiger charge is 2.40. The van der Waals surface area contributed by atoms with Crippen LogP contribution >= 0.6 is 0 Å². The van der Waals surface area contributed by atoms with E-state index in [4.69, 9.17) is 4.74 Å². The third kappa shape index (κ3) is 4.07. The van der Waals surface area contributed by atoms with Gasteiger partial charge in [-0.15, -0.1) is 0 Å². The van der Waals surface area contributed by atoms with Crippen LogP contribution in [0.2, 0.25) is 0 Å². The van der Waals surface area contributed by atoms with Crippen LogP contribution in [0.3, 0.4) is 0 Å². The van der Waals surface area contributed by atoms with Crippen molar-refractivity contribution in [2.75, 3.05) is 6.61 Å². The molecular weight excluding hydrogens is 378 g/mol. The first-order valence-corrected chi connectivity index (χ1v) is 10.9. The molecule has 0 bridgehead atoms. The van der Waals surface area contributed by atoms with E-state index in [0.29, 0.717) is 18.8 Å². The average molecular weight is 408 g/mol. The van der Waals surface area contributed by atoms with E-state index >= 15 is 0 Å². The Kier molecular flexibility index (Phi) is 5.80. The first-order valence-electron chi connectivity index (χ1n) is 10.9. The lowest BCUT2D eigenvalue weighted by atomic mass is 9.73. The van der Waals surface area contributed by atoms with Gasteiger partial charge >= 0.3 is 12.1 Å². The molecule has 5 heteroatoms. The third-order valence-electron chi connectivity index (χ3n) is 6.72. The van der Waals surface area contributed by atoms with Gasteiger partial charge in [0.05, 0.1) is 12.0 Å². The fourth-order valence-electron chi connectivity index (χ4n) is 5.29. The highest BCUT2D eigenvalue weighted by molar-refractivity contribution is 5.79. The molecule has 0 aromatic heterocycles. The molecule has 0 radical (unpaired) electrons. The summed E-state index contributed by atoms with van der Waals surface area (Å²) < 4.78 is 5.67. The number of ether oxygens (including phenoxy) is 1. The van der Waals surface area contributed by atoms with Gasteiger partial charge < -0.3 is 15.2 Å². The lowest BCUT2D eigenvalue weighted by Gasteiger charge is -2.40. The minimum Gasteiger partial charge on any atom is -0.481 e. The predicted octanol–water partition coefficient (Wildman–Crippen LogP) is 5.34. The van der Waals surface area contributed by atoms with Crippen LogP contribution in [0.5, 0.6) is 0 Å². The molecule has 2 aliphatic carbocycles. The molecule has 4 rings (SSSR count). The molecule has 0 spiro atoms. The van der Waals surface area contributed by atoms with Gasteiger partial charge in [-0.1, -0.05) is 74.7 Å². The molecule has 2 aliphatic rings. The average Bonchev–Trinajstić information content (AvgIpc) is 3.05. The van der Waals surface area contributed by atoms with Crippen molar-refractivity contribution in [1.29, 1.82) is 0 Å². The Morgan fingerprint density at radius 1 is 1.10 bits per heavy atom. The first-order chi connectivity index (χ1) is 14.5. The lowest BCUT2D eigenvalue weighted by Crippen LogP contribution is -2.53. The second-order valence-corrected chi connectivity index (χ2v) is 8.67. The summed E-state index contributed by atoms with van der Waals surface area (Å²) in [7, 11) is 0. The van der Waals surface area contributed by atoms with Crippen molar-refractivity contribution < 1.29 is 19.4 Å². The van der Waals surface area contributed by atoms with Crippen molar-refractivity contribution in [3.05, 3.63) is 59.7 Å². The van der Waals surface area contributed by atoms with Crippen LogP contribution in [0.15, 0.2) is 48.5 Å². The predicted molar refractivity (Wildman–Crippen MR) is 115 cm³/mol. The van der Waals surface area contributed by atoms with Crippen molar-refractivity contribution in [2.24, 2.45) is 5.92 Å². The maximum atomic E-state index is 12.7. The zero-order valence-corrected chi connectivity index (χ0v) is 17.4. The molecule has 2 aromatic rings. The molecule has 2 unspecified atom stereocenters. The number of amides is 1. The van der Waals surface area contributed by atoms with Crippen molar-refractivity contribution in [2.45, 2.75) is 56.9 Å². The Bertz CT molecular complexity index is 895. The highest BCUT2D eigenvalue weighted by atomic mass is 16.5. The standard InChI is InChI=1S/C25H29NO4/c1-2-17-8-7-13-25(14-17,15-23(27)28)26-24(29)30-16-22-20-11-5-3-9-18(20)19-10-4-6-12-21(19)22/h3-6,9-12,17,22H,2,7-8,13-16H2,1H3,(H,26,29)(H,27,28). The summed E-state index contributed by atoms with van der Waals surface area (Å²) in [5.41, 5.74) is 3.98. The quantitative estimate of drug-likeness (QED) is 0.678. The van der Waals surface area contributed by atoms with Crippen molar-refractivity contribution >= 4 is 12.1 Å². The van der Waals surface area contributed by atoms with Crippen LogP contribution in [-0.4, -0.2) is 29.3 Å². The SMILES string of the molecule is CCC1CCCC(CC(=O)O)(NC(=O)OCC2c3ccccc3-c3ccccc32)C1. The maximum Gasteiger partial charge on any atom is 0.407 e. The number of aliphatic carboxylic acids is 1. The zero-order chi connectivity index (χ0) is 21.1. The van der Waals surface area contributed by atoms with Crippen molar-refractivity contribution in [3.8, 4) is 11.1 Å². The largest absolute Gasteiger partial charge is 0.481 e. The molecule has 2 atom stereocenters. The number of carbonyl (C=O) groups is 2. The smallest absolute Gasteiger partial charge is 0.407 e. The summed E-state index contributed by atoms with van der Waals surface area (Å²) in [6.07, 6.45) is 3.80. The number of carboxylic acids is 1. The molecular formula is C25H29NO4. The van der Waals surface area contributed by atoms with Gasteiger partial charge in [0, 0.05) is 5.92 Å². The minimum absolute atomic E-state index is 0.00619. The summed E-state index contributed by atoms with van der Waals surface area (Å²) in [6, 6.07) is 16.4. The number of nitrogens with one attached hydrogen (secondary N) is 1. The Morgan fingerprint density at radius 2 is 1.73 bits per heavy atom. The molecule has 2 N–H and O–H groups in total. The molecule has 1 saturated carbocycles. The monoisotopic (exact) mass is 407 g/mol. The van der Waals surface area contributed by atoms with Gasteiger partial charge in [0.2, 0.25) is 0 Å². The van der Waals surface area contributed by atoms with E-state index in [1.54, 1.807) is 0 Å². The zero-order valence-electron chi connectivity index (χ0n) is 17.4. The summed E-state index contributed by atoms with van der Waals surface area (Å²) in [6.45, 7) is 2.36.